The number of anilines is 1. The van der Waals surface area contributed by atoms with Crippen LogP contribution < -0.4 is 17.0 Å². The zero-order chi connectivity index (χ0) is 17.3. The van der Waals surface area contributed by atoms with Gasteiger partial charge in [0.05, 0.1) is 5.92 Å². The quantitative estimate of drug-likeness (QED) is 0.578. The van der Waals surface area contributed by atoms with Crippen LogP contribution in [0.5, 0.6) is 0 Å². The molecule has 0 spiro atoms. The summed E-state index contributed by atoms with van der Waals surface area (Å²) < 4.78 is 6.97. The number of carbonyl (C=O) groups is 2. The van der Waals surface area contributed by atoms with Crippen molar-refractivity contribution in [1.82, 2.24) is 9.13 Å². The van der Waals surface area contributed by atoms with Gasteiger partial charge in [0, 0.05) is 13.6 Å². The first kappa shape index (κ1) is 17.0. The molecule has 2 atom stereocenters. The lowest BCUT2D eigenvalue weighted by Crippen LogP contribution is -2.43. The highest BCUT2D eigenvalue weighted by molar-refractivity contribution is 6.01. The Morgan fingerprint density at radius 3 is 2.48 bits per heavy atom. The van der Waals surface area contributed by atoms with Crippen molar-refractivity contribution in [2.45, 2.75) is 33.2 Å². The van der Waals surface area contributed by atoms with Crippen LogP contribution in [0.4, 0.5) is 5.82 Å². The van der Waals surface area contributed by atoms with Gasteiger partial charge in [0.25, 0.3) is 5.56 Å². The standard InChI is InChI=1S/C15H21N3O5/c1-4-5-18-12(16)11(13(20)17(3)15(18)22)10(19)7-23-14(21)9-6-8(9)2/h8-9H,4-7,16H2,1-3H3/t8-,9+/m0/s1. The number of carbonyl (C=O) groups excluding carboxylic acids is 2. The van der Waals surface area contributed by atoms with Gasteiger partial charge >= 0.3 is 11.7 Å². The second-order valence-electron chi connectivity index (χ2n) is 5.91. The molecule has 1 aliphatic rings. The van der Waals surface area contributed by atoms with E-state index < -0.39 is 29.6 Å². The molecule has 1 heterocycles. The summed E-state index contributed by atoms with van der Waals surface area (Å²) in [4.78, 5) is 48.1. The third-order valence-corrected chi connectivity index (χ3v) is 4.07. The van der Waals surface area contributed by atoms with E-state index in [4.69, 9.17) is 10.5 Å². The molecule has 0 aromatic carbocycles. The maximum absolute atomic E-state index is 12.2. The third kappa shape index (κ3) is 3.20. The van der Waals surface area contributed by atoms with Crippen molar-refractivity contribution in [2.24, 2.45) is 18.9 Å². The van der Waals surface area contributed by atoms with Crippen molar-refractivity contribution >= 4 is 17.6 Å². The Morgan fingerprint density at radius 2 is 1.96 bits per heavy atom. The fourth-order valence-electron chi connectivity index (χ4n) is 2.45. The van der Waals surface area contributed by atoms with E-state index in [2.05, 4.69) is 0 Å². The molecule has 1 fully saturated rings. The van der Waals surface area contributed by atoms with Crippen molar-refractivity contribution in [3.8, 4) is 0 Å². The van der Waals surface area contributed by atoms with Gasteiger partial charge in [0.1, 0.15) is 11.4 Å². The number of Topliss-reactive ketones (excluding diaryl/α,β-unsaturated/α-hetero) is 1. The number of nitrogens with two attached hydrogens (primary N) is 1. The van der Waals surface area contributed by atoms with Gasteiger partial charge in [-0.25, -0.2) is 4.79 Å². The van der Waals surface area contributed by atoms with Gasteiger partial charge in [0.2, 0.25) is 5.78 Å². The van der Waals surface area contributed by atoms with Crippen molar-refractivity contribution in [3.05, 3.63) is 26.4 Å². The van der Waals surface area contributed by atoms with Crippen LogP contribution in [0.15, 0.2) is 9.59 Å². The molecule has 0 radical (unpaired) electrons. The molecule has 2 rings (SSSR count). The van der Waals surface area contributed by atoms with E-state index in [1.807, 2.05) is 13.8 Å². The molecule has 126 valence electrons. The van der Waals surface area contributed by atoms with E-state index in [0.717, 1.165) is 11.0 Å². The molecule has 1 saturated carbocycles. The molecule has 0 unspecified atom stereocenters. The maximum atomic E-state index is 12.2. The highest BCUT2D eigenvalue weighted by Gasteiger charge is 2.40. The van der Waals surface area contributed by atoms with Crippen LogP contribution >= 0.6 is 0 Å². The van der Waals surface area contributed by atoms with E-state index in [1.165, 1.54) is 11.6 Å². The van der Waals surface area contributed by atoms with Gasteiger partial charge in [-0.2, -0.15) is 0 Å². The molecule has 2 N–H and O–H groups in total. The van der Waals surface area contributed by atoms with Crippen LogP contribution in [-0.2, 0) is 23.1 Å². The molecule has 8 nitrogen and oxygen atoms in total. The van der Waals surface area contributed by atoms with Gasteiger partial charge in [0.15, 0.2) is 6.61 Å². The summed E-state index contributed by atoms with van der Waals surface area (Å²) in [6.45, 7) is 3.50. The zero-order valence-electron chi connectivity index (χ0n) is 13.5. The number of hydrogen-bond acceptors (Lipinski definition) is 6. The van der Waals surface area contributed by atoms with E-state index >= 15 is 0 Å². The van der Waals surface area contributed by atoms with Crippen molar-refractivity contribution < 1.29 is 14.3 Å². The summed E-state index contributed by atoms with van der Waals surface area (Å²) >= 11 is 0. The highest BCUT2D eigenvalue weighted by Crippen LogP contribution is 2.38. The molecule has 1 aromatic rings. The molecule has 1 aromatic heterocycles. The summed E-state index contributed by atoms with van der Waals surface area (Å²) in [5.74, 6) is -1.22. The Kier molecular flexibility index (Phi) is 4.72. The molecule has 0 bridgehead atoms. The Hall–Kier alpha value is -2.38. The summed E-state index contributed by atoms with van der Waals surface area (Å²) in [6, 6.07) is 0. The number of rotatable bonds is 6. The number of aromatic nitrogens is 2. The third-order valence-electron chi connectivity index (χ3n) is 4.07. The lowest BCUT2D eigenvalue weighted by Gasteiger charge is -2.13. The van der Waals surface area contributed by atoms with Crippen molar-refractivity contribution in [3.63, 3.8) is 0 Å². The topological polar surface area (TPSA) is 113 Å². The largest absolute Gasteiger partial charge is 0.457 e. The average Bonchev–Trinajstić information content (AvgIpc) is 3.24. The number of nitrogens with zero attached hydrogens (tertiary/aromatic N) is 2. The molecular formula is C15H21N3O5. The lowest BCUT2D eigenvalue weighted by atomic mass is 10.2. The molecule has 8 heteroatoms. The van der Waals surface area contributed by atoms with Gasteiger partial charge in [-0.3, -0.25) is 23.5 Å². The number of ketones is 1. The Bertz CT molecular complexity index is 762. The van der Waals surface area contributed by atoms with Crippen LogP contribution in [0.25, 0.3) is 0 Å². The van der Waals surface area contributed by atoms with Crippen LogP contribution in [0, 0.1) is 11.8 Å². The maximum Gasteiger partial charge on any atom is 0.332 e. The van der Waals surface area contributed by atoms with Crippen molar-refractivity contribution in [1.29, 1.82) is 0 Å². The monoisotopic (exact) mass is 323 g/mol. The van der Waals surface area contributed by atoms with Crippen molar-refractivity contribution in [2.75, 3.05) is 12.3 Å². The average molecular weight is 323 g/mol. The van der Waals surface area contributed by atoms with Crippen LogP contribution in [0.1, 0.15) is 37.0 Å². The Morgan fingerprint density at radius 1 is 1.35 bits per heavy atom. The first-order valence-corrected chi connectivity index (χ1v) is 7.58. The minimum atomic E-state index is -0.777. The van der Waals surface area contributed by atoms with Gasteiger partial charge in [-0.05, 0) is 18.8 Å². The minimum absolute atomic E-state index is 0.169. The van der Waals surface area contributed by atoms with E-state index in [-0.39, 0.29) is 23.2 Å². The zero-order valence-corrected chi connectivity index (χ0v) is 13.5. The predicted molar refractivity (Wildman–Crippen MR) is 83.2 cm³/mol. The SMILES string of the molecule is CCCn1c(N)c(C(=O)COC(=O)[C@@H]2C[C@@H]2C)c(=O)n(C)c1=O. The van der Waals surface area contributed by atoms with Crippen LogP contribution in [0.2, 0.25) is 0 Å². The molecule has 0 saturated heterocycles. The van der Waals surface area contributed by atoms with E-state index in [1.54, 1.807) is 0 Å². The first-order valence-electron chi connectivity index (χ1n) is 7.58. The summed E-state index contributed by atoms with van der Waals surface area (Å²) in [5.41, 5.74) is 4.17. The minimum Gasteiger partial charge on any atom is -0.457 e. The second kappa shape index (κ2) is 6.39. The highest BCUT2D eigenvalue weighted by atomic mass is 16.5. The predicted octanol–water partition coefficient (Wildman–Crippen LogP) is -0.0789. The molecule has 0 aliphatic heterocycles. The van der Waals surface area contributed by atoms with Crippen LogP contribution in [-0.4, -0.2) is 27.5 Å². The number of esters is 1. The van der Waals surface area contributed by atoms with Gasteiger partial charge in [-0.15, -0.1) is 0 Å². The summed E-state index contributed by atoms with van der Waals surface area (Å²) in [5, 5.41) is 0. The molecule has 0 amide bonds. The second-order valence-corrected chi connectivity index (χ2v) is 5.91. The number of nitrogen functional groups attached to an aromatic ring is 1. The lowest BCUT2D eigenvalue weighted by molar-refractivity contribution is -0.144. The number of ether oxygens (including phenoxy) is 1. The Balaban J connectivity index is 2.27. The Labute approximate surface area is 132 Å². The van der Waals surface area contributed by atoms with Gasteiger partial charge < -0.3 is 10.5 Å². The van der Waals surface area contributed by atoms with E-state index in [9.17, 15) is 19.2 Å². The molecule has 23 heavy (non-hydrogen) atoms. The smallest absolute Gasteiger partial charge is 0.332 e. The summed E-state index contributed by atoms with van der Waals surface area (Å²) in [7, 11) is 1.28. The molecular weight excluding hydrogens is 302 g/mol. The summed E-state index contributed by atoms with van der Waals surface area (Å²) in [6.07, 6.45) is 1.36. The molecule has 1 aliphatic carbocycles. The normalized spacial score (nSPS) is 19.4. The van der Waals surface area contributed by atoms with E-state index in [0.29, 0.717) is 13.0 Å². The number of hydrogen-bond donors (Lipinski definition) is 1. The fraction of sp³-hybridized carbons (Fsp3) is 0.600. The fourth-order valence-corrected chi connectivity index (χ4v) is 2.45. The first-order chi connectivity index (χ1) is 10.8. The van der Waals surface area contributed by atoms with Gasteiger partial charge in [-0.1, -0.05) is 13.8 Å². The van der Waals surface area contributed by atoms with Crippen LogP contribution in [0.3, 0.4) is 0 Å².